The minimum atomic E-state index is -0.794. The summed E-state index contributed by atoms with van der Waals surface area (Å²) in [6.07, 6.45) is 0. The fraction of sp³-hybridized carbons (Fsp3) is 0.125. The third kappa shape index (κ3) is 2.63. The Morgan fingerprint density at radius 2 is 1.77 bits per heavy atom. The van der Waals surface area contributed by atoms with Gasteiger partial charge in [-0.05, 0) is 34.7 Å². The van der Waals surface area contributed by atoms with E-state index in [0.717, 1.165) is 3.57 Å². The van der Waals surface area contributed by atoms with E-state index < -0.39 is 5.38 Å². The first kappa shape index (κ1) is 11.4. The normalized spacial score (nSPS) is 12.2. The quantitative estimate of drug-likeness (QED) is 0.546. The van der Waals surface area contributed by atoms with Crippen molar-refractivity contribution in [3.8, 4) is 6.07 Å². The Kier molecular flexibility index (Phi) is 4.11. The minimum absolute atomic E-state index is 0.429. The Balaban J connectivity index is 3.30. The Labute approximate surface area is 105 Å². The van der Waals surface area contributed by atoms with Gasteiger partial charge in [-0.1, -0.05) is 23.2 Å². The minimum Gasteiger partial charge on any atom is -0.196 e. The van der Waals surface area contributed by atoms with Gasteiger partial charge >= 0.3 is 0 Å². The maximum atomic E-state index is 8.61. The molecule has 0 aromatic heterocycles. The molecule has 0 spiro atoms. The van der Waals surface area contributed by atoms with E-state index in [-0.39, 0.29) is 0 Å². The summed E-state index contributed by atoms with van der Waals surface area (Å²) in [5, 5.41) is 8.67. The molecule has 0 aliphatic rings. The van der Waals surface area contributed by atoms with Crippen LogP contribution in [0.25, 0.3) is 0 Å². The topological polar surface area (TPSA) is 23.8 Å². The van der Waals surface area contributed by atoms with E-state index in [1.807, 2.05) is 6.07 Å². The second kappa shape index (κ2) is 4.70. The van der Waals surface area contributed by atoms with E-state index in [1.54, 1.807) is 12.1 Å². The van der Waals surface area contributed by atoms with Gasteiger partial charge in [-0.15, -0.1) is 11.6 Å². The lowest BCUT2D eigenvalue weighted by Crippen LogP contribution is -1.90. The van der Waals surface area contributed by atoms with Gasteiger partial charge < -0.3 is 0 Å². The SMILES string of the molecule is N#CC(Cl)c1c(Cl)cc(I)cc1Cl. The van der Waals surface area contributed by atoms with Crippen LogP contribution in [0.1, 0.15) is 10.9 Å². The first-order chi connectivity index (χ1) is 6.06. The third-order valence-corrected chi connectivity index (χ3v) is 2.97. The molecule has 0 bridgehead atoms. The van der Waals surface area contributed by atoms with Crippen LogP contribution < -0.4 is 0 Å². The highest BCUT2D eigenvalue weighted by Crippen LogP contribution is 2.34. The average Bonchev–Trinajstić information content (AvgIpc) is 2.02. The van der Waals surface area contributed by atoms with Crippen LogP contribution >= 0.6 is 57.4 Å². The maximum absolute atomic E-state index is 8.61. The molecule has 5 heteroatoms. The summed E-state index contributed by atoms with van der Waals surface area (Å²) >= 11 is 19.6. The molecule has 0 saturated heterocycles. The molecule has 1 rings (SSSR count). The molecule has 1 aromatic carbocycles. The van der Waals surface area contributed by atoms with Crippen LogP contribution in [0.15, 0.2) is 12.1 Å². The lowest BCUT2D eigenvalue weighted by atomic mass is 10.1. The monoisotopic (exact) mass is 345 g/mol. The second-order valence-corrected chi connectivity index (χ2v) is 4.77. The van der Waals surface area contributed by atoms with Crippen LogP contribution in [0, 0.1) is 14.9 Å². The summed E-state index contributed by atoms with van der Waals surface area (Å²) in [4.78, 5) is 0. The number of hydrogen-bond donors (Lipinski definition) is 0. The van der Waals surface area contributed by atoms with Gasteiger partial charge in [-0.25, -0.2) is 0 Å². The highest BCUT2D eigenvalue weighted by molar-refractivity contribution is 14.1. The molecule has 1 unspecified atom stereocenters. The molecular weight excluding hydrogens is 343 g/mol. The standard InChI is InChI=1S/C8H3Cl3IN/c9-5-1-4(12)2-6(10)8(5)7(11)3-13/h1-2,7H. The first-order valence-electron chi connectivity index (χ1n) is 3.24. The van der Waals surface area contributed by atoms with Crippen molar-refractivity contribution in [2.75, 3.05) is 0 Å². The molecule has 68 valence electrons. The molecule has 0 saturated carbocycles. The number of nitriles is 1. The zero-order valence-electron chi connectivity index (χ0n) is 6.19. The van der Waals surface area contributed by atoms with E-state index in [9.17, 15) is 0 Å². The summed E-state index contributed by atoms with van der Waals surface area (Å²) in [5.74, 6) is 0. The van der Waals surface area contributed by atoms with Gasteiger partial charge in [0.15, 0.2) is 0 Å². The van der Waals surface area contributed by atoms with Crippen LogP contribution in [0.5, 0.6) is 0 Å². The van der Waals surface area contributed by atoms with Crippen molar-refractivity contribution in [3.05, 3.63) is 31.3 Å². The van der Waals surface area contributed by atoms with Crippen LogP contribution in [-0.2, 0) is 0 Å². The van der Waals surface area contributed by atoms with Crippen molar-refractivity contribution in [1.82, 2.24) is 0 Å². The molecule has 0 radical (unpaired) electrons. The van der Waals surface area contributed by atoms with Gasteiger partial charge in [0.1, 0.15) is 5.38 Å². The van der Waals surface area contributed by atoms with Crippen molar-refractivity contribution in [1.29, 1.82) is 5.26 Å². The van der Waals surface area contributed by atoms with E-state index in [0.29, 0.717) is 15.6 Å². The fourth-order valence-corrected chi connectivity index (χ4v) is 2.90. The van der Waals surface area contributed by atoms with Crippen molar-refractivity contribution in [3.63, 3.8) is 0 Å². The third-order valence-electron chi connectivity index (χ3n) is 1.41. The molecule has 0 aliphatic heterocycles. The molecule has 1 nitrogen and oxygen atoms in total. The Morgan fingerprint density at radius 3 is 2.15 bits per heavy atom. The van der Waals surface area contributed by atoms with E-state index >= 15 is 0 Å². The summed E-state index contributed by atoms with van der Waals surface area (Å²) in [6, 6.07) is 5.31. The molecule has 0 heterocycles. The van der Waals surface area contributed by atoms with Crippen molar-refractivity contribution >= 4 is 57.4 Å². The molecule has 0 fully saturated rings. The molecular formula is C8H3Cl3IN. The highest BCUT2D eigenvalue weighted by Gasteiger charge is 2.15. The first-order valence-corrected chi connectivity index (χ1v) is 5.51. The second-order valence-electron chi connectivity index (χ2n) is 2.27. The van der Waals surface area contributed by atoms with Crippen LogP contribution in [0.2, 0.25) is 10.0 Å². The van der Waals surface area contributed by atoms with Gasteiger partial charge in [0, 0.05) is 19.2 Å². The zero-order valence-corrected chi connectivity index (χ0v) is 10.6. The number of halogens is 4. The van der Waals surface area contributed by atoms with Crippen molar-refractivity contribution in [2.24, 2.45) is 0 Å². The van der Waals surface area contributed by atoms with Crippen LogP contribution in [-0.4, -0.2) is 0 Å². The molecule has 0 amide bonds. The van der Waals surface area contributed by atoms with Gasteiger partial charge in [-0.3, -0.25) is 0 Å². The molecule has 0 N–H and O–H groups in total. The Morgan fingerprint density at radius 1 is 1.31 bits per heavy atom. The molecule has 1 atom stereocenters. The number of nitrogens with zero attached hydrogens (tertiary/aromatic N) is 1. The van der Waals surface area contributed by atoms with E-state index in [1.165, 1.54) is 0 Å². The van der Waals surface area contributed by atoms with Gasteiger partial charge in [-0.2, -0.15) is 5.26 Å². The Hall–Kier alpha value is 0.310. The summed E-state index contributed by atoms with van der Waals surface area (Å²) in [7, 11) is 0. The van der Waals surface area contributed by atoms with E-state index in [2.05, 4.69) is 22.6 Å². The highest BCUT2D eigenvalue weighted by atomic mass is 127. The number of alkyl halides is 1. The predicted octanol–water partition coefficient (Wildman–Crippen LogP) is 4.40. The zero-order chi connectivity index (χ0) is 10.0. The summed E-state index contributed by atoms with van der Waals surface area (Å²) < 4.78 is 0.915. The smallest absolute Gasteiger partial charge is 0.148 e. The van der Waals surface area contributed by atoms with Gasteiger partial charge in [0.25, 0.3) is 0 Å². The van der Waals surface area contributed by atoms with Gasteiger partial charge in [0.2, 0.25) is 0 Å². The van der Waals surface area contributed by atoms with Crippen LogP contribution in [0.3, 0.4) is 0 Å². The fourth-order valence-electron chi connectivity index (χ4n) is 0.860. The Bertz CT molecular complexity index is 349. The van der Waals surface area contributed by atoms with Crippen molar-refractivity contribution in [2.45, 2.75) is 5.38 Å². The van der Waals surface area contributed by atoms with Gasteiger partial charge in [0.05, 0.1) is 6.07 Å². The summed E-state index contributed by atoms with van der Waals surface area (Å²) in [6.45, 7) is 0. The number of benzene rings is 1. The molecule has 1 aromatic rings. The average molecular weight is 346 g/mol. The lowest BCUT2D eigenvalue weighted by molar-refractivity contribution is 1.21. The maximum Gasteiger partial charge on any atom is 0.148 e. The lowest BCUT2D eigenvalue weighted by Gasteiger charge is -2.07. The molecule has 0 aliphatic carbocycles. The molecule has 13 heavy (non-hydrogen) atoms. The number of hydrogen-bond acceptors (Lipinski definition) is 1. The largest absolute Gasteiger partial charge is 0.196 e. The summed E-state index contributed by atoms with van der Waals surface area (Å²) in [5.41, 5.74) is 0.480. The van der Waals surface area contributed by atoms with E-state index in [4.69, 9.17) is 40.1 Å². The van der Waals surface area contributed by atoms with Crippen LogP contribution in [0.4, 0.5) is 0 Å². The number of rotatable bonds is 1. The van der Waals surface area contributed by atoms with Crippen molar-refractivity contribution < 1.29 is 0 Å². The predicted molar refractivity (Wildman–Crippen MR) is 63.4 cm³/mol.